The zero-order chi connectivity index (χ0) is 12.4. The lowest BCUT2D eigenvalue weighted by Crippen LogP contribution is -1.92. The molecule has 4 nitrogen and oxygen atoms in total. The van der Waals surface area contributed by atoms with Crippen molar-refractivity contribution in [3.8, 4) is 11.3 Å². The first-order valence-corrected chi connectivity index (χ1v) is 4.67. The third-order valence-corrected chi connectivity index (χ3v) is 2.19. The predicted octanol–water partition coefficient (Wildman–Crippen LogP) is 2.98. The van der Waals surface area contributed by atoms with E-state index in [2.05, 4.69) is 9.68 Å². The van der Waals surface area contributed by atoms with Gasteiger partial charge in [0, 0.05) is 17.2 Å². The summed E-state index contributed by atoms with van der Waals surface area (Å²) < 4.78 is 29.9. The van der Waals surface area contributed by atoms with Crippen molar-refractivity contribution < 1.29 is 23.2 Å². The van der Waals surface area contributed by atoms with E-state index < -0.39 is 12.4 Å². The summed E-state index contributed by atoms with van der Waals surface area (Å²) in [4.78, 5) is 10.6. The van der Waals surface area contributed by atoms with E-state index in [9.17, 15) is 13.6 Å². The lowest BCUT2D eigenvalue weighted by Gasteiger charge is -2.04. The molecule has 88 valence electrons. The Bertz CT molecular complexity index is 551. The van der Waals surface area contributed by atoms with Crippen molar-refractivity contribution in [2.75, 3.05) is 0 Å². The summed E-state index contributed by atoms with van der Waals surface area (Å²) in [6.07, 6.45) is -2.66. The maximum atomic E-state index is 12.7. The molecule has 0 amide bonds. The molecule has 2 aromatic rings. The maximum Gasteiger partial charge on any atom is 0.374 e. The summed E-state index contributed by atoms with van der Waals surface area (Å²) in [5, 5.41) is 12.1. The smallest absolute Gasteiger partial charge is 0.374 e. The molecule has 1 aromatic heterocycles. The number of hydrogen-bond donors (Lipinski definition) is 1. The Morgan fingerprint density at radius 3 is 2.65 bits per heavy atom. The van der Waals surface area contributed by atoms with Crippen LogP contribution < -0.4 is 0 Å². The quantitative estimate of drug-likeness (QED) is 0.894. The van der Waals surface area contributed by atoms with Gasteiger partial charge in [-0.15, -0.1) is 0 Å². The van der Waals surface area contributed by atoms with Crippen LogP contribution in [-0.4, -0.2) is 16.2 Å². The maximum absolute atomic E-state index is 12.7. The molecule has 0 bridgehead atoms. The number of nitrogens with zero attached hydrogens (tertiary/aromatic N) is 1. The van der Waals surface area contributed by atoms with Gasteiger partial charge in [-0.1, -0.05) is 29.4 Å². The molecule has 0 atom stereocenters. The van der Waals surface area contributed by atoms with E-state index in [0.717, 1.165) is 6.07 Å². The molecule has 1 aromatic carbocycles. The van der Waals surface area contributed by atoms with Crippen LogP contribution in [0, 0.1) is 0 Å². The summed E-state index contributed by atoms with van der Waals surface area (Å²) >= 11 is 0. The van der Waals surface area contributed by atoms with Gasteiger partial charge in [0.15, 0.2) is 0 Å². The first-order chi connectivity index (χ1) is 8.09. The zero-order valence-electron chi connectivity index (χ0n) is 8.43. The second-order valence-electron chi connectivity index (χ2n) is 3.27. The molecule has 1 N–H and O–H groups in total. The molecular weight excluding hydrogens is 232 g/mol. The summed E-state index contributed by atoms with van der Waals surface area (Å²) in [5.74, 6) is -1.68. The number of hydrogen-bond acceptors (Lipinski definition) is 3. The second-order valence-corrected chi connectivity index (χ2v) is 3.27. The monoisotopic (exact) mass is 239 g/mol. The molecule has 17 heavy (non-hydrogen) atoms. The average molecular weight is 239 g/mol. The number of carbonyl (C=O) groups is 1. The van der Waals surface area contributed by atoms with E-state index in [4.69, 9.17) is 5.11 Å². The molecule has 0 saturated carbocycles. The van der Waals surface area contributed by atoms with Gasteiger partial charge in [0.25, 0.3) is 6.43 Å². The number of carboxylic acid groups (broad SMARTS) is 1. The zero-order valence-corrected chi connectivity index (χ0v) is 8.43. The van der Waals surface area contributed by atoms with E-state index in [-0.39, 0.29) is 22.6 Å². The molecule has 0 spiro atoms. The molecule has 0 aliphatic rings. The average Bonchev–Trinajstić information content (AvgIpc) is 2.78. The van der Waals surface area contributed by atoms with Gasteiger partial charge < -0.3 is 9.63 Å². The molecule has 0 aliphatic heterocycles. The number of rotatable bonds is 3. The van der Waals surface area contributed by atoms with E-state index >= 15 is 0 Å². The second kappa shape index (κ2) is 4.32. The number of aromatic nitrogens is 1. The third-order valence-electron chi connectivity index (χ3n) is 2.19. The van der Waals surface area contributed by atoms with Gasteiger partial charge in [-0.05, 0) is 0 Å². The molecule has 0 radical (unpaired) electrons. The van der Waals surface area contributed by atoms with E-state index in [1.165, 1.54) is 18.2 Å². The Hall–Kier alpha value is -2.24. The third kappa shape index (κ3) is 2.15. The number of benzene rings is 1. The van der Waals surface area contributed by atoms with Crippen LogP contribution in [0.2, 0.25) is 0 Å². The number of carboxylic acids is 1. The van der Waals surface area contributed by atoms with Crippen LogP contribution in [-0.2, 0) is 0 Å². The summed E-state index contributed by atoms with van der Waals surface area (Å²) in [7, 11) is 0. The Labute approximate surface area is 94.5 Å². The fraction of sp³-hybridized carbons (Fsp3) is 0.0909. The Morgan fingerprint density at radius 2 is 2.06 bits per heavy atom. The predicted molar refractivity (Wildman–Crippen MR) is 53.9 cm³/mol. The molecule has 0 saturated heterocycles. The number of alkyl halides is 2. The van der Waals surface area contributed by atoms with Crippen LogP contribution in [0.1, 0.15) is 22.5 Å². The first kappa shape index (κ1) is 11.3. The fourth-order valence-corrected chi connectivity index (χ4v) is 1.42. The van der Waals surface area contributed by atoms with Crippen molar-refractivity contribution in [3.05, 3.63) is 41.7 Å². The molecule has 1 heterocycles. The van der Waals surface area contributed by atoms with Crippen molar-refractivity contribution in [2.24, 2.45) is 0 Å². The molecule has 6 heteroatoms. The molecule has 0 unspecified atom stereocenters. The standard InChI is InChI=1S/C11H7F2NO3/c12-10(13)7-4-2-1-3-6(7)8-5-9(11(15)16)17-14-8/h1-5,10H,(H,15,16). The summed E-state index contributed by atoms with van der Waals surface area (Å²) in [6.45, 7) is 0. The molecule has 0 fully saturated rings. The van der Waals surface area contributed by atoms with Gasteiger partial charge in [-0.2, -0.15) is 0 Å². The van der Waals surface area contributed by atoms with Gasteiger partial charge in [0.05, 0.1) is 0 Å². The van der Waals surface area contributed by atoms with Crippen LogP contribution in [0.4, 0.5) is 8.78 Å². The number of aromatic carboxylic acids is 1. The lowest BCUT2D eigenvalue weighted by atomic mass is 10.0. The highest BCUT2D eigenvalue weighted by atomic mass is 19.3. The molecule has 0 aliphatic carbocycles. The minimum atomic E-state index is -2.66. The van der Waals surface area contributed by atoms with Gasteiger partial charge in [0.2, 0.25) is 5.76 Å². The largest absolute Gasteiger partial charge is 0.475 e. The highest BCUT2D eigenvalue weighted by Gasteiger charge is 2.18. The van der Waals surface area contributed by atoms with Crippen molar-refractivity contribution >= 4 is 5.97 Å². The van der Waals surface area contributed by atoms with Gasteiger partial charge in [-0.3, -0.25) is 0 Å². The topological polar surface area (TPSA) is 63.3 Å². The Kier molecular flexibility index (Phi) is 2.86. The van der Waals surface area contributed by atoms with Gasteiger partial charge in [-0.25, -0.2) is 13.6 Å². The van der Waals surface area contributed by atoms with Crippen molar-refractivity contribution in [3.63, 3.8) is 0 Å². The molecular formula is C11H7F2NO3. The van der Waals surface area contributed by atoms with Crippen LogP contribution in [0.5, 0.6) is 0 Å². The van der Waals surface area contributed by atoms with Crippen molar-refractivity contribution in [1.29, 1.82) is 0 Å². The van der Waals surface area contributed by atoms with Crippen molar-refractivity contribution in [2.45, 2.75) is 6.43 Å². The van der Waals surface area contributed by atoms with Crippen LogP contribution >= 0.6 is 0 Å². The highest BCUT2D eigenvalue weighted by molar-refractivity contribution is 5.85. The Balaban J connectivity index is 2.48. The van der Waals surface area contributed by atoms with Crippen LogP contribution in [0.15, 0.2) is 34.9 Å². The Morgan fingerprint density at radius 1 is 1.35 bits per heavy atom. The number of halogens is 2. The lowest BCUT2D eigenvalue weighted by molar-refractivity contribution is 0.0652. The SMILES string of the molecule is O=C(O)c1cc(-c2ccccc2C(F)F)no1. The van der Waals surface area contributed by atoms with Crippen LogP contribution in [0.3, 0.4) is 0 Å². The highest BCUT2D eigenvalue weighted by Crippen LogP contribution is 2.30. The summed E-state index contributed by atoms with van der Waals surface area (Å²) in [5.41, 5.74) is 0.0368. The van der Waals surface area contributed by atoms with Gasteiger partial charge in [0.1, 0.15) is 5.69 Å². The van der Waals surface area contributed by atoms with E-state index in [1.54, 1.807) is 6.07 Å². The minimum absolute atomic E-state index is 0.0818. The minimum Gasteiger partial charge on any atom is -0.475 e. The van der Waals surface area contributed by atoms with E-state index in [1.807, 2.05) is 0 Å². The van der Waals surface area contributed by atoms with Gasteiger partial charge >= 0.3 is 5.97 Å². The summed E-state index contributed by atoms with van der Waals surface area (Å²) in [6, 6.07) is 6.85. The van der Waals surface area contributed by atoms with Crippen molar-refractivity contribution in [1.82, 2.24) is 5.16 Å². The van der Waals surface area contributed by atoms with Crippen LogP contribution in [0.25, 0.3) is 11.3 Å². The first-order valence-electron chi connectivity index (χ1n) is 4.67. The fourth-order valence-electron chi connectivity index (χ4n) is 1.42. The van der Waals surface area contributed by atoms with E-state index in [0.29, 0.717) is 0 Å². The molecule has 2 rings (SSSR count). The normalized spacial score (nSPS) is 10.8.